The summed E-state index contributed by atoms with van der Waals surface area (Å²) in [6.45, 7) is 2.17. The molecule has 21 heavy (non-hydrogen) atoms. The molecule has 0 aromatic heterocycles. The smallest absolute Gasteiger partial charge is 1.00 e. The minimum Gasteiger partial charge on any atom is -1.00 e. The summed E-state index contributed by atoms with van der Waals surface area (Å²) < 4.78 is 30.6. The normalized spacial score (nSPS) is 11.0. The summed E-state index contributed by atoms with van der Waals surface area (Å²) in [4.78, 5) is 11.7. The molecule has 0 heterocycles. The SMILES string of the molecule is CCCCCCCCC(=O)c1ccc(S(=O)(=O)O)cc1.[H-].[Na+]. The maximum atomic E-state index is 11.9. The molecule has 0 aliphatic carbocycles. The van der Waals surface area contributed by atoms with Crippen LogP contribution in [0.4, 0.5) is 0 Å². The molecule has 6 heteroatoms. The molecular weight excluding hydrogens is 299 g/mol. The van der Waals surface area contributed by atoms with Crippen LogP contribution in [-0.4, -0.2) is 18.8 Å². The summed E-state index contributed by atoms with van der Waals surface area (Å²) >= 11 is 0. The van der Waals surface area contributed by atoms with Crippen LogP contribution in [0.2, 0.25) is 0 Å². The maximum absolute atomic E-state index is 11.9. The summed E-state index contributed by atoms with van der Waals surface area (Å²) in [6.07, 6.45) is 7.22. The zero-order chi connectivity index (χ0) is 15.0. The number of rotatable bonds is 9. The first-order valence-corrected chi connectivity index (χ1v) is 8.50. The Morgan fingerprint density at radius 3 is 2.10 bits per heavy atom. The topological polar surface area (TPSA) is 71.4 Å². The van der Waals surface area contributed by atoms with Gasteiger partial charge < -0.3 is 1.43 Å². The molecule has 1 N–H and O–H groups in total. The second-order valence-corrected chi connectivity index (χ2v) is 6.36. The Morgan fingerprint density at radius 2 is 1.57 bits per heavy atom. The largest absolute Gasteiger partial charge is 1.00 e. The average molecular weight is 322 g/mol. The van der Waals surface area contributed by atoms with Crippen molar-refractivity contribution in [2.24, 2.45) is 0 Å². The molecule has 0 saturated carbocycles. The van der Waals surface area contributed by atoms with Gasteiger partial charge in [0.2, 0.25) is 0 Å². The van der Waals surface area contributed by atoms with E-state index in [9.17, 15) is 13.2 Å². The predicted molar refractivity (Wildman–Crippen MR) is 79.7 cm³/mol. The standard InChI is InChI=1S/C15H22O4S.Na.H/c1-2-3-4-5-6-7-8-15(16)13-9-11-14(12-10-13)20(17,18)19;;/h9-12H,2-8H2,1H3,(H,17,18,19);;/q;+1;-1. The molecule has 0 unspecified atom stereocenters. The molecule has 0 aliphatic rings. The minimum atomic E-state index is -4.19. The van der Waals surface area contributed by atoms with Crippen molar-refractivity contribution >= 4 is 15.9 Å². The van der Waals surface area contributed by atoms with Gasteiger partial charge in [-0.25, -0.2) is 0 Å². The molecule has 0 fully saturated rings. The molecule has 1 aromatic carbocycles. The van der Waals surface area contributed by atoms with Crippen molar-refractivity contribution in [2.45, 2.75) is 56.8 Å². The molecule has 1 aromatic rings. The van der Waals surface area contributed by atoms with Crippen LogP contribution in [0.15, 0.2) is 29.2 Å². The van der Waals surface area contributed by atoms with Crippen LogP contribution in [0.25, 0.3) is 0 Å². The van der Waals surface area contributed by atoms with Crippen molar-refractivity contribution in [3.63, 3.8) is 0 Å². The predicted octanol–water partition coefficient (Wildman–Crippen LogP) is 0.983. The van der Waals surface area contributed by atoms with Gasteiger partial charge in [0.1, 0.15) is 0 Å². The summed E-state index contributed by atoms with van der Waals surface area (Å²) in [5, 5.41) is 0. The van der Waals surface area contributed by atoms with Gasteiger partial charge in [0.05, 0.1) is 4.90 Å². The molecular formula is C15H23NaO4S. The Morgan fingerprint density at radius 1 is 1.05 bits per heavy atom. The third kappa shape index (κ3) is 8.12. The fraction of sp³-hybridized carbons (Fsp3) is 0.533. The molecule has 0 radical (unpaired) electrons. The molecule has 1 rings (SSSR count). The van der Waals surface area contributed by atoms with Gasteiger partial charge in [-0.1, -0.05) is 51.2 Å². The summed E-state index contributed by atoms with van der Waals surface area (Å²) in [7, 11) is -4.19. The van der Waals surface area contributed by atoms with E-state index < -0.39 is 10.1 Å². The summed E-state index contributed by atoms with van der Waals surface area (Å²) in [5.41, 5.74) is 0.492. The fourth-order valence-electron chi connectivity index (χ4n) is 2.02. The Balaban J connectivity index is 0. The minimum absolute atomic E-state index is 0. The Kier molecular flexibility index (Phi) is 10.4. The van der Waals surface area contributed by atoms with Gasteiger partial charge in [-0.05, 0) is 18.6 Å². The van der Waals surface area contributed by atoms with E-state index in [4.69, 9.17) is 4.55 Å². The van der Waals surface area contributed by atoms with Crippen LogP contribution in [0.3, 0.4) is 0 Å². The molecule has 0 spiro atoms. The Bertz CT molecular complexity index is 529. The number of hydrogen-bond acceptors (Lipinski definition) is 3. The third-order valence-electron chi connectivity index (χ3n) is 3.23. The van der Waals surface area contributed by atoms with Crippen molar-refractivity contribution < 1.29 is 48.7 Å². The van der Waals surface area contributed by atoms with E-state index >= 15 is 0 Å². The number of ketones is 1. The van der Waals surface area contributed by atoms with Gasteiger partial charge in [0.15, 0.2) is 5.78 Å². The number of benzene rings is 1. The van der Waals surface area contributed by atoms with Crippen LogP contribution in [0, 0.1) is 0 Å². The average Bonchev–Trinajstić information content (AvgIpc) is 2.41. The van der Waals surface area contributed by atoms with Crippen molar-refractivity contribution in [1.82, 2.24) is 0 Å². The van der Waals surface area contributed by atoms with E-state index in [0.717, 1.165) is 19.3 Å². The molecule has 0 atom stereocenters. The summed E-state index contributed by atoms with van der Waals surface area (Å²) in [6, 6.07) is 5.40. The van der Waals surface area contributed by atoms with E-state index in [2.05, 4.69) is 6.92 Å². The van der Waals surface area contributed by atoms with Crippen LogP contribution in [-0.2, 0) is 10.1 Å². The number of hydrogen-bond donors (Lipinski definition) is 1. The maximum Gasteiger partial charge on any atom is 1.00 e. The monoisotopic (exact) mass is 322 g/mol. The van der Waals surface area contributed by atoms with Gasteiger partial charge in [-0.2, -0.15) is 8.42 Å². The van der Waals surface area contributed by atoms with Crippen molar-refractivity contribution in [3.05, 3.63) is 29.8 Å². The fourth-order valence-corrected chi connectivity index (χ4v) is 2.50. The van der Waals surface area contributed by atoms with Crippen molar-refractivity contribution in [1.29, 1.82) is 0 Å². The van der Waals surface area contributed by atoms with Gasteiger partial charge in [0.25, 0.3) is 10.1 Å². The molecule has 0 aliphatic heterocycles. The van der Waals surface area contributed by atoms with Gasteiger partial charge in [-0.15, -0.1) is 0 Å². The van der Waals surface area contributed by atoms with Crippen molar-refractivity contribution in [2.75, 3.05) is 0 Å². The molecule has 4 nitrogen and oxygen atoms in total. The Labute approximate surface area is 150 Å². The third-order valence-corrected chi connectivity index (χ3v) is 4.10. The van der Waals surface area contributed by atoms with E-state index in [1.807, 2.05) is 0 Å². The molecule has 114 valence electrons. The Hall–Kier alpha value is -0.200. The quantitative estimate of drug-likeness (QED) is 0.318. The first-order chi connectivity index (χ1) is 9.45. The van der Waals surface area contributed by atoms with E-state index in [1.54, 1.807) is 0 Å². The molecule has 0 amide bonds. The van der Waals surface area contributed by atoms with Gasteiger partial charge in [-0.3, -0.25) is 9.35 Å². The van der Waals surface area contributed by atoms with Crippen LogP contribution >= 0.6 is 0 Å². The first-order valence-electron chi connectivity index (χ1n) is 7.06. The van der Waals surface area contributed by atoms with Crippen molar-refractivity contribution in [3.8, 4) is 0 Å². The number of carbonyl (C=O) groups excluding carboxylic acids is 1. The van der Waals surface area contributed by atoms with Gasteiger partial charge in [0, 0.05) is 12.0 Å². The number of carbonyl (C=O) groups is 1. The zero-order valence-corrected chi connectivity index (χ0v) is 15.7. The summed E-state index contributed by atoms with van der Waals surface area (Å²) in [5.74, 6) is 0.0161. The van der Waals surface area contributed by atoms with Crippen LogP contribution in [0.5, 0.6) is 0 Å². The van der Waals surface area contributed by atoms with Crippen LogP contribution in [0.1, 0.15) is 63.7 Å². The van der Waals surface area contributed by atoms with Gasteiger partial charge >= 0.3 is 29.6 Å². The second-order valence-electron chi connectivity index (χ2n) is 4.94. The number of Topliss-reactive ketones (excluding diaryl/α,β-unsaturated/α-hetero) is 1. The van der Waals surface area contributed by atoms with E-state index in [1.165, 1.54) is 43.5 Å². The molecule has 0 saturated heterocycles. The van der Waals surface area contributed by atoms with E-state index in [-0.39, 0.29) is 41.7 Å². The second kappa shape index (κ2) is 10.5. The number of unbranched alkanes of at least 4 members (excludes halogenated alkanes) is 5. The van der Waals surface area contributed by atoms with E-state index in [0.29, 0.717) is 12.0 Å². The first kappa shape index (κ1) is 20.8. The molecule has 0 bridgehead atoms. The van der Waals surface area contributed by atoms with Crippen LogP contribution < -0.4 is 29.6 Å². The zero-order valence-electron chi connectivity index (χ0n) is 13.8.